The van der Waals surface area contributed by atoms with E-state index < -0.39 is 5.54 Å². The molecular formula is C27H31ClN4O3. The second-order valence-electron chi connectivity index (χ2n) is 9.82. The van der Waals surface area contributed by atoms with Crippen molar-refractivity contribution in [3.8, 4) is 11.5 Å². The number of hydrogen-bond donors (Lipinski definition) is 1. The average Bonchev–Trinajstić information content (AvgIpc) is 3.49. The number of furan rings is 1. The van der Waals surface area contributed by atoms with Crippen LogP contribution in [0.2, 0.25) is 5.02 Å². The van der Waals surface area contributed by atoms with Gasteiger partial charge in [-0.2, -0.15) is 5.10 Å². The first-order valence-corrected chi connectivity index (χ1v) is 12.8. The number of aromatic nitrogens is 2. The second-order valence-corrected chi connectivity index (χ2v) is 10.2. The molecule has 2 aromatic heterocycles. The molecule has 7 nitrogen and oxygen atoms in total. The predicted molar refractivity (Wildman–Crippen MR) is 134 cm³/mol. The summed E-state index contributed by atoms with van der Waals surface area (Å²) in [5, 5.41) is 8.48. The lowest BCUT2D eigenvalue weighted by Gasteiger charge is -2.44. The van der Waals surface area contributed by atoms with Crippen LogP contribution < -0.4 is 5.32 Å². The highest BCUT2D eigenvalue weighted by molar-refractivity contribution is 6.31. The second kappa shape index (κ2) is 9.90. The molecule has 1 saturated carbocycles. The Hall–Kier alpha value is -3.06. The Morgan fingerprint density at radius 3 is 2.60 bits per heavy atom. The van der Waals surface area contributed by atoms with Crippen molar-refractivity contribution >= 4 is 23.4 Å². The van der Waals surface area contributed by atoms with E-state index in [1.807, 2.05) is 25.1 Å². The summed E-state index contributed by atoms with van der Waals surface area (Å²) in [4.78, 5) is 29.4. The third kappa shape index (κ3) is 4.74. The zero-order valence-electron chi connectivity index (χ0n) is 20.0. The summed E-state index contributed by atoms with van der Waals surface area (Å²) < 4.78 is 7.14. The van der Waals surface area contributed by atoms with Crippen LogP contribution in [0.4, 0.5) is 0 Å². The quantitative estimate of drug-likeness (QED) is 0.512. The third-order valence-corrected chi connectivity index (χ3v) is 7.66. The molecule has 3 heterocycles. The van der Waals surface area contributed by atoms with Crippen molar-refractivity contribution in [3.05, 3.63) is 65.0 Å². The largest absolute Gasteiger partial charge is 0.463 e. The molecule has 0 bridgehead atoms. The van der Waals surface area contributed by atoms with Crippen LogP contribution >= 0.6 is 11.6 Å². The number of carbonyl (C=O) groups excluding carboxylic acids is 2. The van der Waals surface area contributed by atoms with E-state index in [4.69, 9.17) is 16.0 Å². The Bertz CT molecular complexity index is 1200. The van der Waals surface area contributed by atoms with E-state index in [-0.39, 0.29) is 30.9 Å². The molecule has 1 aromatic carbocycles. The summed E-state index contributed by atoms with van der Waals surface area (Å²) in [6.07, 6.45) is 9.40. The van der Waals surface area contributed by atoms with Crippen molar-refractivity contribution in [2.75, 3.05) is 0 Å². The maximum atomic E-state index is 13.9. The molecule has 2 amide bonds. The summed E-state index contributed by atoms with van der Waals surface area (Å²) in [6, 6.07) is 12.9. The fourth-order valence-electron chi connectivity index (χ4n) is 5.17. The van der Waals surface area contributed by atoms with Gasteiger partial charge in [-0.1, -0.05) is 61.9 Å². The molecule has 1 fully saturated rings. The van der Waals surface area contributed by atoms with Crippen LogP contribution in [0.1, 0.15) is 67.9 Å². The van der Waals surface area contributed by atoms with Crippen LogP contribution in [0, 0.1) is 0 Å². The van der Waals surface area contributed by atoms with Crippen molar-refractivity contribution < 1.29 is 14.0 Å². The molecule has 1 aliphatic heterocycles. The number of fused-ring (bicyclic) bond motifs is 1. The number of carbonyl (C=O) groups is 2. The van der Waals surface area contributed by atoms with Crippen LogP contribution in [0.3, 0.4) is 0 Å². The predicted octanol–water partition coefficient (Wildman–Crippen LogP) is 5.44. The zero-order chi connectivity index (χ0) is 24.4. The van der Waals surface area contributed by atoms with Gasteiger partial charge in [-0.3, -0.25) is 14.3 Å². The lowest BCUT2D eigenvalue weighted by Crippen LogP contribution is -2.64. The van der Waals surface area contributed by atoms with E-state index in [1.54, 1.807) is 40.1 Å². The van der Waals surface area contributed by atoms with Gasteiger partial charge in [0.05, 0.1) is 12.8 Å². The normalized spacial score (nSPS) is 21.3. The van der Waals surface area contributed by atoms with E-state index in [2.05, 4.69) is 10.4 Å². The first-order valence-electron chi connectivity index (χ1n) is 12.4. The lowest BCUT2D eigenvalue weighted by atomic mass is 9.92. The highest BCUT2D eigenvalue weighted by Crippen LogP contribution is 2.33. The van der Waals surface area contributed by atoms with Crippen LogP contribution in [-0.4, -0.2) is 38.1 Å². The summed E-state index contributed by atoms with van der Waals surface area (Å²) in [5.41, 5.74) is 0.671. The minimum absolute atomic E-state index is 0.120. The van der Waals surface area contributed by atoms with E-state index in [0.29, 0.717) is 22.2 Å². The number of halogens is 1. The molecule has 35 heavy (non-hydrogen) atoms. The minimum atomic E-state index is -1.13. The minimum Gasteiger partial charge on any atom is -0.463 e. The van der Waals surface area contributed by atoms with E-state index in [1.165, 1.54) is 19.3 Å². The molecular weight excluding hydrogens is 464 g/mol. The van der Waals surface area contributed by atoms with Gasteiger partial charge in [0.15, 0.2) is 5.76 Å². The molecule has 1 N–H and O–H groups in total. The third-order valence-electron chi connectivity index (χ3n) is 7.29. The fraction of sp³-hybridized carbons (Fsp3) is 0.444. The van der Waals surface area contributed by atoms with Gasteiger partial charge < -0.3 is 14.6 Å². The standard InChI is InChI=1S/C27H31ClN4O3/c1-27(26(34)29-20-11-5-3-2-4-6-12-20)18-32-23(16-22(30-32)24-14-9-15-35-24)25(33)31(27)17-19-10-7-8-13-21(19)28/h7-10,13-16,20H,2-6,11-12,17-18H2,1H3,(H,29,34). The van der Waals surface area contributed by atoms with E-state index >= 15 is 0 Å². The smallest absolute Gasteiger partial charge is 0.273 e. The maximum Gasteiger partial charge on any atom is 0.273 e. The summed E-state index contributed by atoms with van der Waals surface area (Å²) in [5.74, 6) is 0.180. The number of hydrogen-bond acceptors (Lipinski definition) is 4. The molecule has 184 valence electrons. The molecule has 0 saturated heterocycles. The van der Waals surface area contributed by atoms with Crippen molar-refractivity contribution in [1.29, 1.82) is 0 Å². The SMILES string of the molecule is CC1(C(=O)NC2CCCCCCC2)Cn2nc(-c3ccco3)cc2C(=O)N1Cc1ccccc1Cl. The molecule has 8 heteroatoms. The van der Waals surface area contributed by atoms with E-state index in [9.17, 15) is 9.59 Å². The summed E-state index contributed by atoms with van der Waals surface area (Å²) in [7, 11) is 0. The number of nitrogens with zero attached hydrogens (tertiary/aromatic N) is 3. The topological polar surface area (TPSA) is 80.4 Å². The number of benzene rings is 1. The van der Waals surface area contributed by atoms with Gasteiger partial charge in [0.2, 0.25) is 5.91 Å². The Labute approximate surface area is 210 Å². The number of nitrogens with one attached hydrogen (secondary N) is 1. The Balaban J connectivity index is 1.49. The van der Waals surface area contributed by atoms with Gasteiger partial charge in [0.25, 0.3) is 5.91 Å². The molecule has 0 radical (unpaired) electrons. The van der Waals surface area contributed by atoms with Gasteiger partial charge in [-0.15, -0.1) is 0 Å². The average molecular weight is 495 g/mol. The van der Waals surface area contributed by atoms with Crippen LogP contribution in [0.5, 0.6) is 0 Å². The first-order chi connectivity index (χ1) is 17.0. The fourth-order valence-corrected chi connectivity index (χ4v) is 5.37. The van der Waals surface area contributed by atoms with Gasteiger partial charge in [-0.25, -0.2) is 0 Å². The van der Waals surface area contributed by atoms with Crippen molar-refractivity contribution in [2.24, 2.45) is 0 Å². The summed E-state index contributed by atoms with van der Waals surface area (Å²) >= 11 is 6.46. The van der Waals surface area contributed by atoms with Crippen molar-refractivity contribution in [2.45, 2.75) is 76.5 Å². The summed E-state index contributed by atoms with van der Waals surface area (Å²) in [6.45, 7) is 2.31. The van der Waals surface area contributed by atoms with Gasteiger partial charge in [0.1, 0.15) is 16.9 Å². The number of rotatable bonds is 5. The Kier molecular flexibility index (Phi) is 6.69. The molecule has 2 aliphatic rings. The van der Waals surface area contributed by atoms with Crippen molar-refractivity contribution in [3.63, 3.8) is 0 Å². The molecule has 1 unspecified atom stereocenters. The van der Waals surface area contributed by atoms with E-state index in [0.717, 1.165) is 31.2 Å². The maximum absolute atomic E-state index is 13.9. The van der Waals surface area contributed by atoms with Gasteiger partial charge in [-0.05, 0) is 43.5 Å². The highest BCUT2D eigenvalue weighted by Gasteiger charge is 2.48. The molecule has 0 spiro atoms. The molecule has 1 atom stereocenters. The first kappa shape index (κ1) is 23.7. The van der Waals surface area contributed by atoms with Crippen LogP contribution in [0.15, 0.2) is 53.1 Å². The highest BCUT2D eigenvalue weighted by atomic mass is 35.5. The zero-order valence-corrected chi connectivity index (χ0v) is 20.8. The molecule has 5 rings (SSSR count). The Morgan fingerprint density at radius 1 is 1.14 bits per heavy atom. The molecule has 1 aliphatic carbocycles. The lowest BCUT2D eigenvalue weighted by molar-refractivity contribution is -0.134. The van der Waals surface area contributed by atoms with Crippen LogP contribution in [0.25, 0.3) is 11.5 Å². The van der Waals surface area contributed by atoms with Crippen molar-refractivity contribution in [1.82, 2.24) is 20.0 Å². The number of amides is 2. The molecule has 3 aromatic rings. The van der Waals surface area contributed by atoms with Gasteiger partial charge >= 0.3 is 0 Å². The monoisotopic (exact) mass is 494 g/mol. The van der Waals surface area contributed by atoms with Gasteiger partial charge in [0, 0.05) is 23.7 Å². The van der Waals surface area contributed by atoms with Crippen LogP contribution in [-0.2, 0) is 17.9 Å². The Morgan fingerprint density at radius 2 is 1.89 bits per heavy atom.